The zero-order chi connectivity index (χ0) is 10.7. The lowest BCUT2D eigenvalue weighted by molar-refractivity contribution is 0.245. The Labute approximate surface area is 88.8 Å². The fourth-order valence-electron chi connectivity index (χ4n) is 1.54. The van der Waals surface area contributed by atoms with Crippen LogP contribution in [0.2, 0.25) is 0 Å². The van der Waals surface area contributed by atoms with Crippen LogP contribution in [0.3, 0.4) is 0 Å². The second-order valence-corrected chi connectivity index (χ2v) is 3.50. The van der Waals surface area contributed by atoms with Crippen molar-refractivity contribution in [2.45, 2.75) is 13.3 Å². The number of benzene rings is 1. The molecule has 0 saturated heterocycles. The molecule has 0 aliphatic heterocycles. The van der Waals surface area contributed by atoms with Gasteiger partial charge in [0.2, 0.25) is 0 Å². The van der Waals surface area contributed by atoms with Crippen molar-refractivity contribution >= 4 is 11.0 Å². The van der Waals surface area contributed by atoms with Crippen molar-refractivity contribution in [3.8, 4) is 5.95 Å². The Bertz CT molecular complexity index is 448. The average molecular weight is 205 g/mol. The quantitative estimate of drug-likeness (QED) is 0.780. The molecule has 15 heavy (non-hydrogen) atoms. The molecule has 1 aromatic carbocycles. The zero-order valence-electron chi connectivity index (χ0n) is 8.82. The molecule has 2 rings (SSSR count). The number of hydrogen-bond acceptors (Lipinski definition) is 3. The molecule has 80 valence electrons. The minimum atomic E-state index is 0.608. The highest BCUT2D eigenvalue weighted by molar-refractivity contribution is 5.82. The molecule has 3 heteroatoms. The Hall–Kier alpha value is -1.48. The predicted molar refractivity (Wildman–Crippen MR) is 60.1 cm³/mol. The maximum Gasteiger partial charge on any atom is 0.288 e. The van der Waals surface area contributed by atoms with Gasteiger partial charge in [-0.2, -0.15) is 0 Å². The maximum absolute atomic E-state index is 5.58. The van der Waals surface area contributed by atoms with E-state index >= 15 is 0 Å². The van der Waals surface area contributed by atoms with E-state index in [0.717, 1.165) is 23.0 Å². The highest BCUT2D eigenvalue weighted by Crippen LogP contribution is 2.30. The first-order valence-corrected chi connectivity index (χ1v) is 5.14. The molecule has 0 spiro atoms. The summed E-state index contributed by atoms with van der Waals surface area (Å²) >= 11 is 0. The van der Waals surface area contributed by atoms with Crippen LogP contribution in [0.4, 0.5) is 0 Å². The fourth-order valence-corrected chi connectivity index (χ4v) is 1.54. The molecule has 1 aromatic heterocycles. The Morgan fingerprint density at radius 3 is 2.87 bits per heavy atom. The summed E-state index contributed by atoms with van der Waals surface area (Å²) in [7, 11) is 0. The molecule has 0 aliphatic carbocycles. The van der Waals surface area contributed by atoms with Crippen LogP contribution in [0.15, 0.2) is 28.7 Å². The Kier molecular flexibility index (Phi) is 2.92. The van der Waals surface area contributed by atoms with Gasteiger partial charge in [-0.1, -0.05) is 18.2 Å². The second kappa shape index (κ2) is 4.36. The summed E-state index contributed by atoms with van der Waals surface area (Å²) in [4.78, 5) is 0. The van der Waals surface area contributed by atoms with Gasteiger partial charge in [0.15, 0.2) is 0 Å². The van der Waals surface area contributed by atoms with Gasteiger partial charge in [0.1, 0.15) is 5.58 Å². The van der Waals surface area contributed by atoms with Gasteiger partial charge >= 0.3 is 0 Å². The van der Waals surface area contributed by atoms with Crippen LogP contribution in [-0.2, 0) is 0 Å². The van der Waals surface area contributed by atoms with Crippen LogP contribution in [0, 0.1) is 6.92 Å². The van der Waals surface area contributed by atoms with E-state index in [1.165, 1.54) is 0 Å². The van der Waals surface area contributed by atoms with E-state index in [2.05, 4.69) is 0 Å². The maximum atomic E-state index is 5.58. The summed E-state index contributed by atoms with van der Waals surface area (Å²) in [5, 5.41) is 1.11. The number of fused-ring (bicyclic) bond motifs is 1. The molecule has 0 saturated carbocycles. The molecule has 2 N–H and O–H groups in total. The highest BCUT2D eigenvalue weighted by atomic mass is 16.6. The van der Waals surface area contributed by atoms with E-state index in [-0.39, 0.29) is 0 Å². The standard InChI is InChI=1S/C12H15NO2/c1-9-10-5-2-3-6-11(10)15-12(9)14-8-4-7-13/h2-3,5-6H,4,7-8,13H2,1H3. The van der Waals surface area contributed by atoms with Gasteiger partial charge in [0.05, 0.1) is 6.61 Å². The van der Waals surface area contributed by atoms with E-state index in [1.54, 1.807) is 0 Å². The van der Waals surface area contributed by atoms with Crippen LogP contribution >= 0.6 is 0 Å². The summed E-state index contributed by atoms with van der Waals surface area (Å²) < 4.78 is 11.1. The largest absolute Gasteiger partial charge is 0.465 e. The van der Waals surface area contributed by atoms with Crippen molar-refractivity contribution < 1.29 is 9.15 Å². The summed E-state index contributed by atoms with van der Waals surface area (Å²) in [6.45, 7) is 3.25. The molecular weight excluding hydrogens is 190 g/mol. The van der Waals surface area contributed by atoms with E-state index in [9.17, 15) is 0 Å². The lowest BCUT2D eigenvalue weighted by atomic mass is 10.2. The highest BCUT2D eigenvalue weighted by Gasteiger charge is 2.10. The molecule has 0 aliphatic rings. The van der Waals surface area contributed by atoms with Crippen LogP contribution < -0.4 is 10.5 Å². The van der Waals surface area contributed by atoms with E-state index < -0.39 is 0 Å². The Balaban J connectivity index is 2.24. The van der Waals surface area contributed by atoms with Crippen LogP contribution in [0.5, 0.6) is 5.95 Å². The topological polar surface area (TPSA) is 48.4 Å². The smallest absolute Gasteiger partial charge is 0.288 e. The summed E-state index contributed by atoms with van der Waals surface area (Å²) in [6.07, 6.45) is 0.844. The third kappa shape index (κ3) is 1.97. The molecule has 0 fully saturated rings. The van der Waals surface area contributed by atoms with Crippen molar-refractivity contribution in [1.29, 1.82) is 0 Å². The van der Waals surface area contributed by atoms with Gasteiger partial charge in [0.25, 0.3) is 5.95 Å². The first kappa shape index (κ1) is 10.1. The number of para-hydroxylation sites is 1. The summed E-state index contributed by atoms with van der Waals surface area (Å²) in [5.41, 5.74) is 7.33. The number of ether oxygens (including phenoxy) is 1. The SMILES string of the molecule is Cc1c(OCCCN)oc2ccccc12. The molecule has 2 aromatic rings. The minimum absolute atomic E-state index is 0.608. The molecule has 0 radical (unpaired) electrons. The first-order valence-electron chi connectivity index (χ1n) is 5.14. The van der Waals surface area contributed by atoms with Crippen LogP contribution in [0.1, 0.15) is 12.0 Å². The second-order valence-electron chi connectivity index (χ2n) is 3.50. The van der Waals surface area contributed by atoms with Crippen LogP contribution in [-0.4, -0.2) is 13.2 Å². The van der Waals surface area contributed by atoms with Crippen molar-refractivity contribution in [1.82, 2.24) is 0 Å². The molecular formula is C12H15NO2. The van der Waals surface area contributed by atoms with Gasteiger partial charge in [0, 0.05) is 10.9 Å². The van der Waals surface area contributed by atoms with Gasteiger partial charge in [-0.25, -0.2) is 0 Å². The number of hydrogen-bond donors (Lipinski definition) is 1. The lowest BCUT2D eigenvalue weighted by Crippen LogP contribution is -2.06. The van der Waals surface area contributed by atoms with Gasteiger partial charge < -0.3 is 14.9 Å². The third-order valence-corrected chi connectivity index (χ3v) is 2.38. The average Bonchev–Trinajstić information content (AvgIpc) is 2.57. The van der Waals surface area contributed by atoms with Gasteiger partial charge in [-0.3, -0.25) is 0 Å². The van der Waals surface area contributed by atoms with Crippen molar-refractivity contribution in [2.75, 3.05) is 13.2 Å². The number of furan rings is 1. The van der Waals surface area contributed by atoms with Crippen molar-refractivity contribution in [3.05, 3.63) is 29.8 Å². The number of aryl methyl sites for hydroxylation is 1. The van der Waals surface area contributed by atoms with E-state index in [0.29, 0.717) is 19.1 Å². The van der Waals surface area contributed by atoms with Gasteiger partial charge in [-0.05, 0) is 26.0 Å². The van der Waals surface area contributed by atoms with Crippen LogP contribution in [0.25, 0.3) is 11.0 Å². The van der Waals surface area contributed by atoms with Crippen molar-refractivity contribution in [3.63, 3.8) is 0 Å². The minimum Gasteiger partial charge on any atom is -0.465 e. The summed E-state index contributed by atoms with van der Waals surface area (Å²) in [6, 6.07) is 7.92. The molecule has 1 heterocycles. The zero-order valence-corrected chi connectivity index (χ0v) is 8.82. The fraction of sp³-hybridized carbons (Fsp3) is 0.333. The van der Waals surface area contributed by atoms with E-state index in [4.69, 9.17) is 14.9 Å². The summed E-state index contributed by atoms with van der Waals surface area (Å²) in [5.74, 6) is 0.615. The number of rotatable bonds is 4. The third-order valence-electron chi connectivity index (χ3n) is 2.38. The predicted octanol–water partition coefficient (Wildman–Crippen LogP) is 2.47. The molecule has 3 nitrogen and oxygen atoms in total. The van der Waals surface area contributed by atoms with E-state index in [1.807, 2.05) is 31.2 Å². The van der Waals surface area contributed by atoms with Crippen molar-refractivity contribution in [2.24, 2.45) is 5.73 Å². The Morgan fingerprint density at radius 1 is 1.33 bits per heavy atom. The molecule has 0 bridgehead atoms. The molecule has 0 unspecified atom stereocenters. The lowest BCUT2D eigenvalue weighted by Gasteiger charge is -2.01. The van der Waals surface area contributed by atoms with Gasteiger partial charge in [-0.15, -0.1) is 0 Å². The molecule has 0 amide bonds. The Morgan fingerprint density at radius 2 is 2.13 bits per heavy atom. The first-order chi connectivity index (χ1) is 7.33. The molecule has 0 atom stereocenters. The number of nitrogens with two attached hydrogens (primary N) is 1. The monoisotopic (exact) mass is 205 g/mol. The normalized spacial score (nSPS) is 10.8.